The Morgan fingerprint density at radius 2 is 2.31 bits per heavy atom. The van der Waals surface area contributed by atoms with E-state index in [0.717, 1.165) is 25.9 Å². The minimum Gasteiger partial charge on any atom is -0.341 e. The summed E-state index contributed by atoms with van der Waals surface area (Å²) in [7, 11) is 1.96. The van der Waals surface area contributed by atoms with Crippen molar-refractivity contribution in [1.29, 1.82) is 0 Å². The number of nitrogens with one attached hydrogen (secondary N) is 1. The van der Waals surface area contributed by atoms with Crippen LogP contribution >= 0.6 is 12.4 Å². The predicted octanol–water partition coefficient (Wildman–Crippen LogP) is 1.03. The van der Waals surface area contributed by atoms with Gasteiger partial charge in [-0.1, -0.05) is 6.92 Å². The van der Waals surface area contributed by atoms with E-state index in [-0.39, 0.29) is 12.4 Å². The Hall–Kier alpha value is -0.280. The van der Waals surface area contributed by atoms with Crippen molar-refractivity contribution in [3.63, 3.8) is 0 Å². The molecule has 1 N–H and O–H groups in total. The van der Waals surface area contributed by atoms with Gasteiger partial charge >= 0.3 is 0 Å². The first-order valence-corrected chi connectivity index (χ1v) is 4.73. The third-order valence-electron chi connectivity index (χ3n) is 2.41. The molecule has 0 radical (unpaired) electrons. The fraction of sp³-hybridized carbons (Fsp3) is 0.889. The molecule has 78 valence electrons. The molecule has 0 spiro atoms. The normalized spacial score (nSPS) is 21.4. The second-order valence-electron chi connectivity index (χ2n) is 3.36. The second-order valence-corrected chi connectivity index (χ2v) is 3.36. The highest BCUT2D eigenvalue weighted by Gasteiger charge is 2.23. The fourth-order valence-electron chi connectivity index (χ4n) is 1.59. The Balaban J connectivity index is 0.00000144. The summed E-state index contributed by atoms with van der Waals surface area (Å²) < 4.78 is 0. The zero-order valence-electron chi connectivity index (χ0n) is 8.38. The minimum atomic E-state index is 0. The van der Waals surface area contributed by atoms with E-state index in [2.05, 4.69) is 5.32 Å². The lowest BCUT2D eigenvalue weighted by Crippen LogP contribution is -2.33. The van der Waals surface area contributed by atoms with E-state index >= 15 is 0 Å². The number of nitrogens with zero attached hydrogens (tertiary/aromatic N) is 1. The van der Waals surface area contributed by atoms with Crippen LogP contribution in [0.3, 0.4) is 0 Å². The van der Waals surface area contributed by atoms with Gasteiger partial charge in [-0.15, -0.1) is 12.4 Å². The molecule has 0 bridgehead atoms. The van der Waals surface area contributed by atoms with Crippen molar-refractivity contribution in [1.82, 2.24) is 10.2 Å². The van der Waals surface area contributed by atoms with E-state index in [1.807, 2.05) is 18.9 Å². The van der Waals surface area contributed by atoms with Crippen LogP contribution in [0.25, 0.3) is 0 Å². The minimum absolute atomic E-state index is 0. The molecule has 1 saturated heterocycles. The molecule has 1 fully saturated rings. The van der Waals surface area contributed by atoms with Crippen LogP contribution in [0, 0.1) is 0 Å². The molecular weight excluding hydrogens is 188 g/mol. The molecular formula is C9H19ClN2O. The predicted molar refractivity (Wildman–Crippen MR) is 56.2 cm³/mol. The van der Waals surface area contributed by atoms with E-state index in [1.165, 1.54) is 0 Å². The molecule has 1 heterocycles. The average Bonchev–Trinajstić information content (AvgIpc) is 2.52. The lowest BCUT2D eigenvalue weighted by molar-refractivity contribution is -0.130. The summed E-state index contributed by atoms with van der Waals surface area (Å²) in [5.41, 5.74) is 0. The molecule has 0 aromatic rings. The summed E-state index contributed by atoms with van der Waals surface area (Å²) >= 11 is 0. The summed E-state index contributed by atoms with van der Waals surface area (Å²) in [5.74, 6) is 0.315. The van der Waals surface area contributed by atoms with E-state index in [1.54, 1.807) is 0 Å². The van der Waals surface area contributed by atoms with Crippen LogP contribution in [0.15, 0.2) is 0 Å². The highest BCUT2D eigenvalue weighted by molar-refractivity contribution is 5.85. The van der Waals surface area contributed by atoms with Crippen molar-refractivity contribution in [3.8, 4) is 0 Å². The Kier molecular flexibility index (Phi) is 6.08. The van der Waals surface area contributed by atoms with Crippen molar-refractivity contribution in [2.24, 2.45) is 0 Å². The maximum absolute atomic E-state index is 11.4. The molecule has 13 heavy (non-hydrogen) atoms. The van der Waals surface area contributed by atoms with Gasteiger partial charge in [-0.25, -0.2) is 0 Å². The number of likely N-dealkylation sites (tertiary alicyclic amines) is 1. The first-order valence-electron chi connectivity index (χ1n) is 4.73. The van der Waals surface area contributed by atoms with Crippen LogP contribution in [-0.2, 0) is 4.79 Å². The number of hydrogen-bond acceptors (Lipinski definition) is 2. The molecule has 1 rings (SSSR count). The van der Waals surface area contributed by atoms with Crippen molar-refractivity contribution in [3.05, 3.63) is 0 Å². The first-order chi connectivity index (χ1) is 5.77. The van der Waals surface area contributed by atoms with Gasteiger partial charge < -0.3 is 10.2 Å². The molecule has 1 aliphatic heterocycles. The van der Waals surface area contributed by atoms with Gasteiger partial charge in [0, 0.05) is 25.6 Å². The molecule has 4 heteroatoms. The lowest BCUT2D eigenvalue weighted by atomic mass is 10.3. The zero-order valence-corrected chi connectivity index (χ0v) is 9.19. The number of carbonyl (C=O) groups is 1. The summed E-state index contributed by atoms with van der Waals surface area (Å²) in [4.78, 5) is 13.4. The lowest BCUT2D eigenvalue weighted by Gasteiger charge is -2.15. The number of halogens is 1. The van der Waals surface area contributed by atoms with Crippen molar-refractivity contribution in [2.75, 3.05) is 20.1 Å². The highest BCUT2D eigenvalue weighted by Crippen LogP contribution is 2.10. The molecule has 0 saturated carbocycles. The van der Waals surface area contributed by atoms with E-state index in [4.69, 9.17) is 0 Å². The summed E-state index contributed by atoms with van der Waals surface area (Å²) in [6, 6.07) is 0.519. The summed E-state index contributed by atoms with van der Waals surface area (Å²) in [6.45, 7) is 3.88. The van der Waals surface area contributed by atoms with E-state index in [0.29, 0.717) is 18.4 Å². The SMILES string of the molecule is CCCC(=O)N1CCC(NC)C1.Cl. The molecule has 1 atom stereocenters. The van der Waals surface area contributed by atoms with Gasteiger partial charge in [0.15, 0.2) is 0 Å². The maximum Gasteiger partial charge on any atom is 0.222 e. The maximum atomic E-state index is 11.4. The highest BCUT2D eigenvalue weighted by atomic mass is 35.5. The number of hydrogen-bond donors (Lipinski definition) is 1. The quantitative estimate of drug-likeness (QED) is 0.748. The Bertz CT molecular complexity index is 164. The molecule has 0 aromatic heterocycles. The zero-order chi connectivity index (χ0) is 8.97. The largest absolute Gasteiger partial charge is 0.341 e. The van der Waals surface area contributed by atoms with Gasteiger partial charge in [0.05, 0.1) is 0 Å². The van der Waals surface area contributed by atoms with Crippen molar-refractivity contribution in [2.45, 2.75) is 32.2 Å². The van der Waals surface area contributed by atoms with E-state index < -0.39 is 0 Å². The van der Waals surface area contributed by atoms with Gasteiger partial charge in [-0.05, 0) is 19.9 Å². The Labute approximate surface area is 86.3 Å². The van der Waals surface area contributed by atoms with E-state index in [9.17, 15) is 4.79 Å². The van der Waals surface area contributed by atoms with Crippen LogP contribution in [-0.4, -0.2) is 37.0 Å². The van der Waals surface area contributed by atoms with Gasteiger partial charge in [-0.3, -0.25) is 4.79 Å². The second kappa shape index (κ2) is 6.22. The van der Waals surface area contributed by atoms with Crippen LogP contribution in [0.1, 0.15) is 26.2 Å². The third-order valence-corrected chi connectivity index (χ3v) is 2.41. The van der Waals surface area contributed by atoms with Crippen LogP contribution < -0.4 is 5.32 Å². The molecule has 1 unspecified atom stereocenters. The smallest absolute Gasteiger partial charge is 0.222 e. The fourth-order valence-corrected chi connectivity index (χ4v) is 1.59. The average molecular weight is 207 g/mol. The van der Waals surface area contributed by atoms with Crippen molar-refractivity contribution < 1.29 is 4.79 Å². The van der Waals surface area contributed by atoms with Gasteiger partial charge in [0.25, 0.3) is 0 Å². The molecule has 0 aliphatic carbocycles. The Morgan fingerprint density at radius 3 is 2.77 bits per heavy atom. The van der Waals surface area contributed by atoms with Crippen LogP contribution in [0.4, 0.5) is 0 Å². The monoisotopic (exact) mass is 206 g/mol. The van der Waals surface area contributed by atoms with Gasteiger partial charge in [0.2, 0.25) is 5.91 Å². The third kappa shape index (κ3) is 3.53. The Morgan fingerprint density at radius 1 is 1.62 bits per heavy atom. The summed E-state index contributed by atoms with van der Waals surface area (Å²) in [6.07, 6.45) is 2.77. The molecule has 1 aliphatic rings. The van der Waals surface area contributed by atoms with Crippen LogP contribution in [0.5, 0.6) is 0 Å². The molecule has 3 nitrogen and oxygen atoms in total. The number of carbonyl (C=O) groups excluding carboxylic acids is 1. The topological polar surface area (TPSA) is 32.3 Å². The van der Waals surface area contributed by atoms with Gasteiger partial charge in [0.1, 0.15) is 0 Å². The molecule has 0 aromatic carbocycles. The molecule has 1 amide bonds. The van der Waals surface area contributed by atoms with Crippen molar-refractivity contribution >= 4 is 18.3 Å². The summed E-state index contributed by atoms with van der Waals surface area (Å²) in [5, 5.41) is 3.20. The number of rotatable bonds is 3. The number of likely N-dealkylation sites (N-methyl/N-ethyl adjacent to an activating group) is 1. The van der Waals surface area contributed by atoms with Crippen LogP contribution in [0.2, 0.25) is 0 Å². The van der Waals surface area contributed by atoms with Gasteiger partial charge in [-0.2, -0.15) is 0 Å². The first kappa shape index (κ1) is 12.7. The number of amides is 1. The standard InChI is InChI=1S/C9H18N2O.ClH/c1-3-4-9(12)11-6-5-8(7-11)10-2;/h8,10H,3-7H2,1-2H3;1H.